The summed E-state index contributed by atoms with van der Waals surface area (Å²) in [7, 11) is 0. The van der Waals surface area contributed by atoms with Crippen LogP contribution in [-0.4, -0.2) is 38.2 Å². The number of hydrogen-bond donors (Lipinski definition) is 0. The Kier molecular flexibility index (Phi) is 10.5. The molecule has 16 aromatic rings. The zero-order chi connectivity index (χ0) is 54.7. The molecule has 2 atom stereocenters. The first-order valence-electron chi connectivity index (χ1n) is 28.3. The van der Waals surface area contributed by atoms with Crippen LogP contribution in [0.1, 0.15) is 18.7 Å². The highest BCUT2D eigenvalue weighted by Crippen LogP contribution is 2.45. The van der Waals surface area contributed by atoms with Gasteiger partial charge in [-0.05, 0) is 71.9 Å². The maximum Gasteiger partial charge on any atom is 0.238 e. The van der Waals surface area contributed by atoms with Gasteiger partial charge in [0.15, 0.2) is 12.5 Å². The average Bonchev–Trinajstić information content (AvgIpc) is 2.44. The molecule has 6 heterocycles. The lowest BCUT2D eigenvalue weighted by molar-refractivity contribution is -0.748. The average molecular weight is 1070 g/mol. The monoisotopic (exact) mass is 1070 g/mol. The van der Waals surface area contributed by atoms with Gasteiger partial charge in [-0.1, -0.05) is 213 Å². The molecule has 83 heavy (non-hydrogen) atoms. The maximum absolute atomic E-state index is 5.45. The summed E-state index contributed by atoms with van der Waals surface area (Å²) in [6, 6.07) is 84.3. The van der Waals surface area contributed by atoms with Crippen LogP contribution in [0.5, 0.6) is 0 Å². The van der Waals surface area contributed by atoms with Gasteiger partial charge < -0.3 is 18.7 Å². The van der Waals surface area contributed by atoms with Crippen molar-refractivity contribution in [1.29, 1.82) is 0 Å². The third kappa shape index (κ3) is 7.25. The van der Waals surface area contributed by atoms with Crippen molar-refractivity contribution in [2.45, 2.75) is 19.5 Å². The highest BCUT2D eigenvalue weighted by atomic mass is 15.4. The summed E-state index contributed by atoms with van der Waals surface area (Å²) >= 11 is 0. The summed E-state index contributed by atoms with van der Waals surface area (Å²) in [4.78, 5) is 21.2. The molecular formula is C73H50N10. The highest BCUT2D eigenvalue weighted by Gasteiger charge is 2.27. The van der Waals surface area contributed by atoms with Gasteiger partial charge in [0, 0.05) is 71.5 Å². The Morgan fingerprint density at radius 3 is 1.63 bits per heavy atom. The minimum absolute atomic E-state index is 0.0164. The molecule has 0 amide bonds. The van der Waals surface area contributed by atoms with Gasteiger partial charge >= 0.3 is 0 Å². The van der Waals surface area contributed by atoms with E-state index in [9.17, 15) is 0 Å². The SMILES string of the molecule is CC1C=CC=CC1c1nc(-c2ccccc2)nc(-n2c3ccccc3c3ccc4c(c5ccccc5n4-c4cccc(-n5c6ccccc6c6ccc7c(c8ccccc8n7C[n+]7[n-]c(-c8ccccc8)nc7-c7ccccc7)c65)c4)c32)n1. The van der Waals surface area contributed by atoms with E-state index in [1.807, 2.05) is 42.5 Å². The molecule has 0 bridgehead atoms. The molecule has 392 valence electrons. The molecule has 0 saturated carbocycles. The third-order valence-corrected chi connectivity index (χ3v) is 17.0. The summed E-state index contributed by atoms with van der Waals surface area (Å²) in [5.41, 5.74) is 13.8. The summed E-state index contributed by atoms with van der Waals surface area (Å²) < 4.78 is 11.7. The smallest absolute Gasteiger partial charge is 0.238 e. The van der Waals surface area contributed by atoms with E-state index in [0.29, 0.717) is 24.3 Å². The molecule has 0 radical (unpaired) electrons. The molecule has 0 saturated heterocycles. The van der Waals surface area contributed by atoms with Crippen LogP contribution in [0.3, 0.4) is 0 Å². The van der Waals surface area contributed by atoms with Crippen LogP contribution in [0, 0.1) is 5.92 Å². The number of rotatable bonds is 9. The summed E-state index contributed by atoms with van der Waals surface area (Å²) in [5.74, 6) is 3.68. The lowest BCUT2D eigenvalue weighted by Gasteiger charge is -2.20. The fourth-order valence-corrected chi connectivity index (χ4v) is 13.2. The number of para-hydroxylation sites is 4. The van der Waals surface area contributed by atoms with E-state index in [4.69, 9.17) is 25.0 Å². The molecular weight excluding hydrogens is 1020 g/mol. The van der Waals surface area contributed by atoms with Crippen molar-refractivity contribution >= 4 is 87.2 Å². The standard InChI is InChI=1S/C73H50N10/c1-46-22-11-12-31-52(46)71-74-69(47-23-5-2-6-24-47)76-73(77-71)83-61-38-19-14-33-54(61)56-41-43-64-66(68(56)83)58-35-16-20-39-62(58)81(64)50-29-21-30-51(44-50)82-60-37-18-13-32-53(60)55-40-42-63-65(67(55)82)57-34-15-17-36-59(57)79(63)45-80-72(49-27-9-4-10-28-49)75-70(78-80)48-25-7-3-8-26-48/h2-44,46,52H,45H2,1H3. The molecule has 2 unspecified atom stereocenters. The molecule has 0 spiro atoms. The van der Waals surface area contributed by atoms with Gasteiger partial charge in [0.05, 0.1) is 44.1 Å². The van der Waals surface area contributed by atoms with Crippen LogP contribution in [0.2, 0.25) is 0 Å². The fraction of sp³-hybridized carbons (Fsp3) is 0.0548. The van der Waals surface area contributed by atoms with Gasteiger partial charge in [0.2, 0.25) is 5.95 Å². The van der Waals surface area contributed by atoms with E-state index in [0.717, 1.165) is 105 Å². The predicted octanol–water partition coefficient (Wildman–Crippen LogP) is 16.3. The number of aromatic nitrogens is 10. The second-order valence-electron chi connectivity index (χ2n) is 21.7. The van der Waals surface area contributed by atoms with Crippen molar-refractivity contribution in [3.63, 3.8) is 0 Å². The van der Waals surface area contributed by atoms with Crippen LogP contribution in [-0.2, 0) is 6.67 Å². The first-order valence-corrected chi connectivity index (χ1v) is 28.3. The number of nitrogens with zero attached hydrogens (tertiary/aromatic N) is 10. The number of benzene rings is 10. The Morgan fingerprint density at radius 1 is 0.410 bits per heavy atom. The van der Waals surface area contributed by atoms with E-state index in [2.05, 4.69) is 248 Å². The van der Waals surface area contributed by atoms with Crippen LogP contribution in [0.4, 0.5) is 0 Å². The molecule has 10 aromatic carbocycles. The summed E-state index contributed by atoms with van der Waals surface area (Å²) in [6.45, 7) is 2.68. The van der Waals surface area contributed by atoms with Crippen molar-refractivity contribution < 1.29 is 4.68 Å². The van der Waals surface area contributed by atoms with Crippen molar-refractivity contribution in [2.75, 3.05) is 0 Å². The van der Waals surface area contributed by atoms with Crippen molar-refractivity contribution in [1.82, 2.24) is 43.3 Å². The first kappa shape index (κ1) is 46.9. The normalized spacial score (nSPS) is 14.5. The van der Waals surface area contributed by atoms with Crippen LogP contribution in [0.25, 0.3) is 139 Å². The van der Waals surface area contributed by atoms with Crippen molar-refractivity contribution in [2.24, 2.45) is 5.92 Å². The van der Waals surface area contributed by atoms with Gasteiger partial charge in [0.1, 0.15) is 11.6 Å². The molecule has 0 fully saturated rings. The molecule has 6 aromatic heterocycles. The molecule has 0 aliphatic heterocycles. The number of allylic oxidation sites excluding steroid dienone is 4. The molecule has 10 nitrogen and oxygen atoms in total. The second kappa shape index (κ2) is 18.6. The Morgan fingerprint density at radius 2 is 0.940 bits per heavy atom. The van der Waals surface area contributed by atoms with E-state index in [1.165, 1.54) is 21.5 Å². The Balaban J connectivity index is 0.884. The van der Waals surface area contributed by atoms with E-state index < -0.39 is 0 Å². The summed E-state index contributed by atoms with van der Waals surface area (Å²) in [5, 5.41) is 14.5. The van der Waals surface area contributed by atoms with Crippen LogP contribution < -0.4 is 9.78 Å². The zero-order valence-corrected chi connectivity index (χ0v) is 45.2. The first-order chi connectivity index (χ1) is 41.1. The topological polar surface area (TPSA) is 89.3 Å². The van der Waals surface area contributed by atoms with E-state index in [-0.39, 0.29) is 11.8 Å². The quantitative estimate of drug-likeness (QED) is 0.134. The Bertz CT molecular complexity index is 5330. The minimum atomic E-state index is -0.0164. The number of fused-ring (bicyclic) bond motifs is 14. The largest absolute Gasteiger partial charge is 0.397 e. The summed E-state index contributed by atoms with van der Waals surface area (Å²) in [6.07, 6.45) is 8.67. The lowest BCUT2D eigenvalue weighted by atomic mass is 9.89. The molecule has 10 heteroatoms. The van der Waals surface area contributed by atoms with Crippen molar-refractivity contribution in [3.05, 3.63) is 267 Å². The fourth-order valence-electron chi connectivity index (χ4n) is 13.2. The van der Waals surface area contributed by atoms with Crippen molar-refractivity contribution in [3.8, 4) is 51.5 Å². The predicted molar refractivity (Wildman–Crippen MR) is 335 cm³/mol. The lowest BCUT2D eigenvalue weighted by Crippen LogP contribution is -2.42. The van der Waals surface area contributed by atoms with Crippen LogP contribution >= 0.6 is 0 Å². The second-order valence-corrected chi connectivity index (χ2v) is 21.7. The minimum Gasteiger partial charge on any atom is -0.397 e. The Hall–Kier alpha value is -11.0. The van der Waals surface area contributed by atoms with Gasteiger partial charge in [-0.15, -0.1) is 0 Å². The zero-order valence-electron chi connectivity index (χ0n) is 45.2. The maximum atomic E-state index is 5.45. The third-order valence-electron chi connectivity index (χ3n) is 17.0. The van der Waals surface area contributed by atoms with E-state index in [1.54, 1.807) is 0 Å². The molecule has 17 rings (SSSR count). The van der Waals surface area contributed by atoms with Gasteiger partial charge in [-0.2, -0.15) is 9.97 Å². The molecule has 1 aliphatic rings. The van der Waals surface area contributed by atoms with E-state index >= 15 is 0 Å². The molecule has 1 aliphatic carbocycles. The van der Waals surface area contributed by atoms with Crippen LogP contribution in [0.15, 0.2) is 261 Å². The van der Waals surface area contributed by atoms with Gasteiger partial charge in [-0.25, -0.2) is 9.67 Å². The van der Waals surface area contributed by atoms with Gasteiger partial charge in [-0.3, -0.25) is 9.67 Å². The molecule has 0 N–H and O–H groups in total. The Labute approximate surface area is 476 Å². The highest BCUT2D eigenvalue weighted by molar-refractivity contribution is 6.27. The van der Waals surface area contributed by atoms with Gasteiger partial charge in [0.25, 0.3) is 0 Å². The number of hydrogen-bond acceptors (Lipinski definition) is 4.